The largest absolute Gasteiger partial charge is 0.355 e. The van der Waals surface area contributed by atoms with Gasteiger partial charge in [-0.3, -0.25) is 0 Å². The maximum absolute atomic E-state index is 11.1. The topological polar surface area (TPSA) is 100 Å². The van der Waals surface area contributed by atoms with Crippen LogP contribution in [-0.4, -0.2) is 32.2 Å². The van der Waals surface area contributed by atoms with Gasteiger partial charge in [-0.25, -0.2) is 18.5 Å². The zero-order chi connectivity index (χ0) is 15.6. The van der Waals surface area contributed by atoms with Crippen molar-refractivity contribution in [3.63, 3.8) is 0 Å². The molecule has 0 amide bonds. The summed E-state index contributed by atoms with van der Waals surface area (Å²) in [5.41, 5.74) is 2.41. The molecule has 1 aromatic rings. The van der Waals surface area contributed by atoms with E-state index in [1.807, 2.05) is 19.9 Å². The van der Waals surface area contributed by atoms with Crippen molar-refractivity contribution in [2.45, 2.75) is 26.7 Å². The standard InChI is InChI=1S/C14H20N4O2S/c1-10-7-11(2)17-14(13(10)8-15)18-5-3-12(4-6-18)9-21(16,19)20/h7,12H,3-6,9H2,1-2H3,(H2,16,19,20). The van der Waals surface area contributed by atoms with Gasteiger partial charge in [-0.05, 0) is 44.2 Å². The monoisotopic (exact) mass is 308 g/mol. The molecule has 1 aliphatic heterocycles. The summed E-state index contributed by atoms with van der Waals surface area (Å²) in [6, 6.07) is 4.12. The van der Waals surface area contributed by atoms with Gasteiger partial charge in [-0.15, -0.1) is 0 Å². The summed E-state index contributed by atoms with van der Waals surface area (Å²) in [5, 5.41) is 14.4. The molecule has 0 bridgehead atoms. The van der Waals surface area contributed by atoms with Crippen LogP contribution in [0.25, 0.3) is 0 Å². The average Bonchev–Trinajstić information content (AvgIpc) is 2.37. The Morgan fingerprint density at radius 2 is 2.05 bits per heavy atom. The van der Waals surface area contributed by atoms with Crippen LogP contribution in [0.3, 0.4) is 0 Å². The van der Waals surface area contributed by atoms with E-state index >= 15 is 0 Å². The van der Waals surface area contributed by atoms with Crippen LogP contribution in [0.2, 0.25) is 0 Å². The van der Waals surface area contributed by atoms with Gasteiger partial charge in [0.25, 0.3) is 0 Å². The Bertz CT molecular complexity index is 671. The lowest BCUT2D eigenvalue weighted by atomic mass is 9.98. The number of hydrogen-bond donors (Lipinski definition) is 1. The molecule has 0 aliphatic carbocycles. The average molecular weight is 308 g/mol. The number of primary sulfonamides is 1. The maximum atomic E-state index is 11.1. The number of sulfonamides is 1. The molecule has 2 N–H and O–H groups in total. The fourth-order valence-corrected chi connectivity index (χ4v) is 3.81. The molecule has 1 saturated heterocycles. The predicted molar refractivity (Wildman–Crippen MR) is 81.3 cm³/mol. The molecule has 0 saturated carbocycles. The highest BCUT2D eigenvalue weighted by Gasteiger charge is 2.25. The number of nitrogens with zero attached hydrogens (tertiary/aromatic N) is 3. The Labute approximate surface area is 125 Å². The van der Waals surface area contributed by atoms with Crippen LogP contribution in [0.5, 0.6) is 0 Å². The molecule has 1 fully saturated rings. The predicted octanol–water partition coefficient (Wildman–Crippen LogP) is 1.08. The van der Waals surface area contributed by atoms with Crippen LogP contribution in [-0.2, 0) is 10.0 Å². The Balaban J connectivity index is 2.15. The van der Waals surface area contributed by atoms with E-state index in [2.05, 4.69) is 16.0 Å². The van der Waals surface area contributed by atoms with Crippen molar-refractivity contribution in [3.8, 4) is 6.07 Å². The number of nitriles is 1. The number of piperidine rings is 1. The zero-order valence-corrected chi connectivity index (χ0v) is 13.2. The molecule has 0 aromatic carbocycles. The first kappa shape index (κ1) is 15.7. The summed E-state index contributed by atoms with van der Waals surface area (Å²) in [6.45, 7) is 5.21. The lowest BCUT2D eigenvalue weighted by Gasteiger charge is -2.33. The van der Waals surface area contributed by atoms with Crippen molar-refractivity contribution in [2.24, 2.45) is 11.1 Å². The number of aryl methyl sites for hydroxylation is 2. The minimum atomic E-state index is -3.42. The van der Waals surface area contributed by atoms with Crippen LogP contribution in [0.1, 0.15) is 29.7 Å². The van der Waals surface area contributed by atoms with Gasteiger partial charge in [0.05, 0.1) is 11.3 Å². The first-order valence-corrected chi connectivity index (χ1v) is 8.65. The van der Waals surface area contributed by atoms with Crippen molar-refractivity contribution < 1.29 is 8.42 Å². The zero-order valence-electron chi connectivity index (χ0n) is 12.3. The summed E-state index contributed by atoms with van der Waals surface area (Å²) < 4.78 is 22.3. The molecule has 2 heterocycles. The lowest BCUT2D eigenvalue weighted by Crippen LogP contribution is -2.38. The molecule has 1 aromatic heterocycles. The lowest BCUT2D eigenvalue weighted by molar-refractivity contribution is 0.434. The normalized spacial score (nSPS) is 16.8. The van der Waals surface area contributed by atoms with E-state index in [9.17, 15) is 13.7 Å². The Morgan fingerprint density at radius 3 is 2.57 bits per heavy atom. The van der Waals surface area contributed by atoms with Crippen LogP contribution < -0.4 is 10.0 Å². The van der Waals surface area contributed by atoms with Crippen LogP contribution in [0, 0.1) is 31.1 Å². The molecular weight excluding hydrogens is 288 g/mol. The van der Waals surface area contributed by atoms with Crippen molar-refractivity contribution in [1.82, 2.24) is 4.98 Å². The molecular formula is C14H20N4O2S. The number of anilines is 1. The molecule has 6 nitrogen and oxygen atoms in total. The van der Waals surface area contributed by atoms with E-state index in [4.69, 9.17) is 5.14 Å². The minimum absolute atomic E-state index is 0.0339. The second-order valence-corrected chi connectivity index (χ2v) is 7.31. The summed E-state index contributed by atoms with van der Waals surface area (Å²) in [7, 11) is -3.42. The molecule has 2 rings (SSSR count). The minimum Gasteiger partial charge on any atom is -0.355 e. The Morgan fingerprint density at radius 1 is 1.43 bits per heavy atom. The fourth-order valence-electron chi connectivity index (χ4n) is 2.82. The molecule has 21 heavy (non-hydrogen) atoms. The van der Waals surface area contributed by atoms with Gasteiger partial charge in [-0.1, -0.05) is 0 Å². The van der Waals surface area contributed by atoms with Crippen LogP contribution >= 0.6 is 0 Å². The third-order valence-electron chi connectivity index (χ3n) is 3.82. The second kappa shape index (κ2) is 6.00. The third-order valence-corrected chi connectivity index (χ3v) is 4.76. The fraction of sp³-hybridized carbons (Fsp3) is 0.571. The van der Waals surface area contributed by atoms with E-state index < -0.39 is 10.0 Å². The van der Waals surface area contributed by atoms with E-state index in [1.165, 1.54) is 0 Å². The van der Waals surface area contributed by atoms with Crippen molar-refractivity contribution in [1.29, 1.82) is 5.26 Å². The summed E-state index contributed by atoms with van der Waals surface area (Å²) in [4.78, 5) is 6.56. The van der Waals surface area contributed by atoms with E-state index in [1.54, 1.807) is 0 Å². The molecule has 0 atom stereocenters. The Hall–Kier alpha value is -1.65. The summed E-state index contributed by atoms with van der Waals surface area (Å²) in [5.74, 6) is 0.836. The third kappa shape index (κ3) is 3.93. The van der Waals surface area contributed by atoms with Crippen molar-refractivity contribution in [3.05, 3.63) is 22.9 Å². The van der Waals surface area contributed by atoms with Gasteiger partial charge in [0.1, 0.15) is 11.9 Å². The molecule has 0 spiro atoms. The first-order valence-electron chi connectivity index (χ1n) is 6.94. The first-order chi connectivity index (χ1) is 9.80. The summed E-state index contributed by atoms with van der Waals surface area (Å²) >= 11 is 0. The van der Waals surface area contributed by atoms with Gasteiger partial charge in [0.15, 0.2) is 0 Å². The van der Waals surface area contributed by atoms with Gasteiger partial charge in [0, 0.05) is 18.8 Å². The van der Waals surface area contributed by atoms with Gasteiger partial charge < -0.3 is 4.90 Å². The van der Waals surface area contributed by atoms with Crippen molar-refractivity contribution in [2.75, 3.05) is 23.7 Å². The summed E-state index contributed by atoms with van der Waals surface area (Å²) in [6.07, 6.45) is 1.49. The van der Waals surface area contributed by atoms with E-state index in [0.717, 1.165) is 24.1 Å². The molecule has 7 heteroatoms. The second-order valence-electron chi connectivity index (χ2n) is 5.65. The smallest absolute Gasteiger partial charge is 0.209 e. The van der Waals surface area contributed by atoms with Gasteiger partial charge >= 0.3 is 0 Å². The number of nitrogens with two attached hydrogens (primary N) is 1. The number of aromatic nitrogens is 1. The number of pyridine rings is 1. The van der Waals surface area contributed by atoms with Crippen LogP contribution in [0.4, 0.5) is 5.82 Å². The quantitative estimate of drug-likeness (QED) is 0.900. The van der Waals surface area contributed by atoms with Gasteiger partial charge in [-0.2, -0.15) is 5.26 Å². The molecule has 0 unspecified atom stereocenters. The van der Waals surface area contributed by atoms with E-state index in [-0.39, 0.29) is 11.7 Å². The highest BCUT2D eigenvalue weighted by molar-refractivity contribution is 7.89. The maximum Gasteiger partial charge on any atom is 0.209 e. The molecule has 114 valence electrons. The van der Waals surface area contributed by atoms with Crippen molar-refractivity contribution >= 4 is 15.8 Å². The van der Waals surface area contributed by atoms with Gasteiger partial charge in [0.2, 0.25) is 10.0 Å². The number of rotatable bonds is 3. The molecule has 1 aliphatic rings. The number of hydrogen-bond acceptors (Lipinski definition) is 5. The highest BCUT2D eigenvalue weighted by Crippen LogP contribution is 2.27. The highest BCUT2D eigenvalue weighted by atomic mass is 32.2. The van der Waals surface area contributed by atoms with E-state index in [0.29, 0.717) is 24.5 Å². The Kier molecular flexibility index (Phi) is 4.49. The molecule has 0 radical (unpaired) electrons. The SMILES string of the molecule is Cc1cc(C)c(C#N)c(N2CCC(CS(N)(=O)=O)CC2)n1. The van der Waals surface area contributed by atoms with Crippen LogP contribution in [0.15, 0.2) is 6.07 Å².